The monoisotopic (exact) mass is 450 g/mol. The first kappa shape index (κ1) is 22.3. The van der Waals surface area contributed by atoms with Crippen LogP contribution in [-0.2, 0) is 12.8 Å². The highest BCUT2D eigenvalue weighted by Gasteiger charge is 2.30. The number of nitrogens with one attached hydrogen (secondary N) is 2. The lowest BCUT2D eigenvalue weighted by atomic mass is 10.1. The van der Waals surface area contributed by atoms with Crippen molar-refractivity contribution in [3.63, 3.8) is 0 Å². The molecule has 1 heterocycles. The van der Waals surface area contributed by atoms with Gasteiger partial charge in [-0.3, -0.25) is 4.99 Å². The highest BCUT2D eigenvalue weighted by atomic mass is 32.1. The quantitative estimate of drug-likeness (QED) is 0.411. The van der Waals surface area contributed by atoms with E-state index < -0.39 is 17.8 Å². The number of aromatic nitrogens is 1. The molecule has 3 rings (SSSR count). The third-order valence-electron chi connectivity index (χ3n) is 4.35. The first-order valence-corrected chi connectivity index (χ1v) is 9.91. The molecule has 1 aromatic heterocycles. The van der Waals surface area contributed by atoms with E-state index in [-0.39, 0.29) is 6.61 Å². The Morgan fingerprint density at radius 3 is 2.35 bits per heavy atom. The van der Waals surface area contributed by atoms with Crippen LogP contribution in [0.5, 0.6) is 5.75 Å². The standard InChI is InChI=1S/C21H18F3N3O3S/c1-12-17(31-19(26-12)14-3-7-15(8-4-14)21(22,23)24)11-30-16-9-5-13(6-10-16)18(25-2)27-20(28)29/h3-10H,11H2,1-2H3,(H,25,27)(H,28,29)/p+1. The van der Waals surface area contributed by atoms with Crippen molar-refractivity contribution in [1.82, 2.24) is 10.3 Å². The van der Waals surface area contributed by atoms with E-state index in [1.165, 1.54) is 23.5 Å². The second-order valence-corrected chi connectivity index (χ2v) is 7.55. The number of hydrogen-bond acceptors (Lipinski definition) is 4. The number of carboxylic acid groups (broad SMARTS) is 1. The van der Waals surface area contributed by atoms with Crippen LogP contribution < -0.4 is 15.0 Å². The van der Waals surface area contributed by atoms with Crippen molar-refractivity contribution < 1.29 is 32.8 Å². The van der Waals surface area contributed by atoms with Gasteiger partial charge in [0.2, 0.25) is 0 Å². The summed E-state index contributed by atoms with van der Waals surface area (Å²) in [5, 5.41) is 11.7. The Hall–Kier alpha value is -3.40. The normalized spacial score (nSPS) is 12.0. The SMILES string of the molecule is C[NH+]=C(NC(=O)O)c1ccc(OCc2sc(-c3ccc(C(F)(F)F)cc3)nc2C)cc1. The number of alkyl halides is 3. The van der Waals surface area contributed by atoms with Crippen LogP contribution in [-0.4, -0.2) is 29.1 Å². The van der Waals surface area contributed by atoms with Crippen molar-refractivity contribution in [2.24, 2.45) is 0 Å². The summed E-state index contributed by atoms with van der Waals surface area (Å²) in [6.45, 7) is 2.07. The predicted molar refractivity (Wildman–Crippen MR) is 110 cm³/mol. The third-order valence-corrected chi connectivity index (χ3v) is 5.53. The van der Waals surface area contributed by atoms with Gasteiger partial charge < -0.3 is 9.84 Å². The molecular weight excluding hydrogens is 431 g/mol. The lowest BCUT2D eigenvalue weighted by Gasteiger charge is -2.06. The van der Waals surface area contributed by atoms with Crippen molar-refractivity contribution in [3.05, 3.63) is 70.2 Å². The summed E-state index contributed by atoms with van der Waals surface area (Å²) in [6, 6.07) is 11.7. The van der Waals surface area contributed by atoms with Crippen LogP contribution in [0.3, 0.4) is 0 Å². The van der Waals surface area contributed by atoms with Crippen molar-refractivity contribution in [3.8, 4) is 16.3 Å². The molecular formula is C21H19F3N3O3S+. The Bertz CT molecular complexity index is 1090. The molecule has 0 aliphatic carbocycles. The molecule has 3 N–H and O–H groups in total. The lowest BCUT2D eigenvalue weighted by molar-refractivity contribution is -0.421. The first-order chi connectivity index (χ1) is 14.7. The summed E-state index contributed by atoms with van der Waals surface area (Å²) in [6.07, 6.45) is -5.55. The van der Waals surface area contributed by atoms with E-state index in [0.29, 0.717) is 27.7 Å². The largest absolute Gasteiger partial charge is 0.502 e. The molecule has 3 aromatic rings. The number of ether oxygens (including phenoxy) is 1. The average molecular weight is 450 g/mol. The van der Waals surface area contributed by atoms with Gasteiger partial charge >= 0.3 is 12.3 Å². The van der Waals surface area contributed by atoms with Gasteiger partial charge in [0.25, 0.3) is 5.84 Å². The van der Waals surface area contributed by atoms with Gasteiger partial charge in [0.15, 0.2) is 0 Å². The predicted octanol–water partition coefficient (Wildman–Crippen LogP) is 3.44. The molecule has 0 bridgehead atoms. The number of nitrogens with zero attached hydrogens (tertiary/aromatic N) is 1. The average Bonchev–Trinajstić information content (AvgIpc) is 3.11. The number of thiazole rings is 1. The van der Waals surface area contributed by atoms with Crippen molar-refractivity contribution in [1.29, 1.82) is 0 Å². The van der Waals surface area contributed by atoms with E-state index in [4.69, 9.17) is 9.84 Å². The molecule has 0 radical (unpaired) electrons. The van der Waals surface area contributed by atoms with Crippen molar-refractivity contribution in [2.45, 2.75) is 19.7 Å². The van der Waals surface area contributed by atoms with Crippen LogP contribution in [0.15, 0.2) is 48.5 Å². The second-order valence-electron chi connectivity index (χ2n) is 6.47. The number of halogens is 3. The van der Waals surface area contributed by atoms with Crippen LogP contribution in [0, 0.1) is 6.92 Å². The van der Waals surface area contributed by atoms with E-state index in [1.807, 2.05) is 6.92 Å². The number of amides is 1. The fraction of sp³-hybridized carbons (Fsp3) is 0.190. The third kappa shape index (κ3) is 5.60. The fourth-order valence-corrected chi connectivity index (χ4v) is 3.72. The summed E-state index contributed by atoms with van der Waals surface area (Å²) in [4.78, 5) is 18.9. The van der Waals surface area contributed by atoms with Gasteiger partial charge in [0, 0.05) is 5.56 Å². The Labute approximate surface area is 180 Å². The van der Waals surface area contributed by atoms with Crippen LogP contribution in [0.1, 0.15) is 21.7 Å². The number of benzene rings is 2. The van der Waals surface area contributed by atoms with E-state index in [9.17, 15) is 18.0 Å². The topological polar surface area (TPSA) is 85.4 Å². The zero-order valence-electron chi connectivity index (χ0n) is 16.6. The molecule has 0 saturated carbocycles. The molecule has 0 atom stereocenters. The zero-order valence-corrected chi connectivity index (χ0v) is 17.4. The summed E-state index contributed by atoms with van der Waals surface area (Å²) in [7, 11) is 1.61. The maximum atomic E-state index is 12.7. The minimum Gasteiger partial charge on any atom is -0.488 e. The number of rotatable bonds is 5. The maximum Gasteiger partial charge on any atom is 0.502 e. The molecule has 0 fully saturated rings. The van der Waals surface area contributed by atoms with Crippen LogP contribution in [0.2, 0.25) is 0 Å². The highest BCUT2D eigenvalue weighted by molar-refractivity contribution is 7.15. The highest BCUT2D eigenvalue weighted by Crippen LogP contribution is 2.33. The number of amidine groups is 1. The molecule has 0 spiro atoms. The fourth-order valence-electron chi connectivity index (χ4n) is 2.74. The molecule has 0 aliphatic heterocycles. The van der Waals surface area contributed by atoms with Gasteiger partial charge in [-0.05, 0) is 43.3 Å². The number of aryl methyl sites for hydroxylation is 1. The summed E-state index contributed by atoms with van der Waals surface area (Å²) < 4.78 is 44.0. The molecule has 10 heteroatoms. The molecule has 162 valence electrons. The van der Waals surface area contributed by atoms with Gasteiger partial charge in [0.1, 0.15) is 17.4 Å². The minimum atomic E-state index is -4.37. The molecule has 0 aliphatic rings. The maximum absolute atomic E-state index is 12.7. The van der Waals surface area contributed by atoms with Crippen LogP contribution in [0.4, 0.5) is 18.0 Å². The van der Waals surface area contributed by atoms with E-state index >= 15 is 0 Å². The number of carbonyl (C=O) groups is 1. The minimum absolute atomic E-state index is 0.249. The Morgan fingerprint density at radius 1 is 1.16 bits per heavy atom. The van der Waals surface area contributed by atoms with Gasteiger partial charge in [-0.15, -0.1) is 11.3 Å². The molecule has 0 saturated heterocycles. The van der Waals surface area contributed by atoms with E-state index in [0.717, 1.165) is 22.7 Å². The zero-order chi connectivity index (χ0) is 22.6. The van der Waals surface area contributed by atoms with E-state index in [1.54, 1.807) is 31.3 Å². The first-order valence-electron chi connectivity index (χ1n) is 9.09. The van der Waals surface area contributed by atoms with Crippen LogP contribution >= 0.6 is 11.3 Å². The second kappa shape index (κ2) is 9.17. The van der Waals surface area contributed by atoms with Crippen molar-refractivity contribution in [2.75, 3.05) is 7.05 Å². The molecule has 31 heavy (non-hydrogen) atoms. The Balaban J connectivity index is 1.68. The summed E-state index contributed by atoms with van der Waals surface area (Å²) >= 11 is 1.36. The number of hydrogen-bond donors (Lipinski definition) is 3. The molecule has 6 nitrogen and oxygen atoms in total. The van der Waals surface area contributed by atoms with Gasteiger partial charge in [-0.1, -0.05) is 12.1 Å². The van der Waals surface area contributed by atoms with Gasteiger partial charge in [0.05, 0.1) is 28.7 Å². The van der Waals surface area contributed by atoms with Gasteiger partial charge in [-0.25, -0.2) is 4.98 Å². The summed E-state index contributed by atoms with van der Waals surface area (Å²) in [5.74, 6) is 0.928. The van der Waals surface area contributed by atoms with E-state index in [2.05, 4.69) is 15.3 Å². The van der Waals surface area contributed by atoms with Crippen LogP contribution in [0.25, 0.3) is 10.6 Å². The van der Waals surface area contributed by atoms with Gasteiger partial charge in [-0.2, -0.15) is 23.3 Å². The Morgan fingerprint density at radius 2 is 1.81 bits per heavy atom. The molecule has 1 amide bonds. The Kier molecular flexibility index (Phi) is 6.59. The molecule has 2 aromatic carbocycles. The smallest absolute Gasteiger partial charge is 0.488 e. The lowest BCUT2D eigenvalue weighted by Crippen LogP contribution is -2.72. The van der Waals surface area contributed by atoms with Crippen molar-refractivity contribution >= 4 is 23.3 Å². The molecule has 0 unspecified atom stereocenters. The summed E-state index contributed by atoms with van der Waals surface area (Å²) in [5.41, 5.74) is 1.30.